The Hall–Kier alpha value is -0.280. The van der Waals surface area contributed by atoms with Gasteiger partial charge in [-0.3, -0.25) is 0 Å². The smallest absolute Gasteiger partial charge is 0.0595 e. The van der Waals surface area contributed by atoms with Crippen molar-refractivity contribution in [1.82, 2.24) is 0 Å². The van der Waals surface area contributed by atoms with Crippen molar-refractivity contribution in [2.45, 2.75) is 45.1 Å². The molecule has 2 aliphatic rings. The van der Waals surface area contributed by atoms with E-state index in [1.54, 1.807) is 0 Å². The molecule has 0 radical (unpaired) electrons. The second kappa shape index (κ2) is 6.32. The zero-order chi connectivity index (χ0) is 15.9. The summed E-state index contributed by atoms with van der Waals surface area (Å²) >= 11 is 12.4. The van der Waals surface area contributed by atoms with Gasteiger partial charge in [-0.2, -0.15) is 0 Å². The van der Waals surface area contributed by atoms with Crippen LogP contribution >= 0.6 is 23.2 Å². The van der Waals surface area contributed by atoms with Crippen LogP contribution in [-0.2, 0) is 4.74 Å². The molecule has 2 saturated carbocycles. The molecule has 0 bridgehead atoms. The van der Waals surface area contributed by atoms with Crippen molar-refractivity contribution in [3.8, 4) is 0 Å². The van der Waals surface area contributed by atoms with Crippen LogP contribution in [0.4, 0.5) is 0 Å². The predicted molar refractivity (Wildman–Crippen MR) is 92.6 cm³/mol. The zero-order valence-electron chi connectivity index (χ0n) is 13.3. The van der Waals surface area contributed by atoms with Crippen molar-refractivity contribution in [1.29, 1.82) is 0 Å². The highest BCUT2D eigenvalue weighted by atomic mass is 35.5. The summed E-state index contributed by atoms with van der Waals surface area (Å²) in [5.74, 6) is 1.81. The molecule has 0 heterocycles. The van der Waals surface area contributed by atoms with E-state index < -0.39 is 0 Å². The van der Waals surface area contributed by atoms with Crippen LogP contribution in [0, 0.1) is 17.3 Å². The van der Waals surface area contributed by atoms with Crippen LogP contribution in [0.3, 0.4) is 0 Å². The summed E-state index contributed by atoms with van der Waals surface area (Å²) in [6, 6.07) is 6.32. The van der Waals surface area contributed by atoms with Crippen molar-refractivity contribution in [2.24, 2.45) is 23.0 Å². The van der Waals surface area contributed by atoms with E-state index in [-0.39, 0.29) is 11.5 Å². The van der Waals surface area contributed by atoms with Crippen molar-refractivity contribution in [3.63, 3.8) is 0 Å². The van der Waals surface area contributed by atoms with E-state index in [4.69, 9.17) is 33.7 Å². The lowest BCUT2D eigenvalue weighted by atomic mass is 9.78. The third-order valence-corrected chi connectivity index (χ3v) is 6.71. The van der Waals surface area contributed by atoms with E-state index in [1.165, 1.54) is 12.0 Å². The van der Waals surface area contributed by atoms with Crippen molar-refractivity contribution in [2.75, 3.05) is 13.2 Å². The fourth-order valence-corrected chi connectivity index (χ4v) is 4.98. The number of fused-ring (bicyclic) bond motifs is 1. The van der Waals surface area contributed by atoms with Gasteiger partial charge in [-0.05, 0) is 61.6 Å². The summed E-state index contributed by atoms with van der Waals surface area (Å²) < 4.78 is 5.88. The van der Waals surface area contributed by atoms with Crippen LogP contribution < -0.4 is 5.73 Å². The first-order valence-electron chi connectivity index (χ1n) is 8.29. The van der Waals surface area contributed by atoms with Crippen LogP contribution in [-0.4, -0.2) is 19.3 Å². The molecular formula is C18H25Cl2NO. The monoisotopic (exact) mass is 341 g/mol. The van der Waals surface area contributed by atoms with Gasteiger partial charge in [-0.25, -0.2) is 0 Å². The lowest BCUT2D eigenvalue weighted by molar-refractivity contribution is 0.0747. The zero-order valence-corrected chi connectivity index (χ0v) is 14.8. The molecule has 122 valence electrons. The molecule has 0 aromatic heterocycles. The van der Waals surface area contributed by atoms with E-state index in [9.17, 15) is 0 Å². The summed E-state index contributed by atoms with van der Waals surface area (Å²) in [5, 5.41) is 1.25. The lowest BCUT2D eigenvalue weighted by Gasteiger charge is -2.30. The summed E-state index contributed by atoms with van der Waals surface area (Å²) in [4.78, 5) is 0. The maximum atomic E-state index is 6.35. The van der Waals surface area contributed by atoms with Gasteiger partial charge in [0.15, 0.2) is 0 Å². The van der Waals surface area contributed by atoms with Gasteiger partial charge in [-0.15, -0.1) is 0 Å². The van der Waals surface area contributed by atoms with E-state index in [0.29, 0.717) is 27.8 Å². The molecule has 3 rings (SSSR count). The summed E-state index contributed by atoms with van der Waals surface area (Å²) in [7, 11) is 0. The Morgan fingerprint density at radius 1 is 1.27 bits per heavy atom. The van der Waals surface area contributed by atoms with Gasteiger partial charge in [-0.1, -0.05) is 36.2 Å². The Labute approximate surface area is 143 Å². The van der Waals surface area contributed by atoms with Gasteiger partial charge < -0.3 is 10.5 Å². The van der Waals surface area contributed by atoms with Crippen LogP contribution in [0.2, 0.25) is 10.0 Å². The third-order valence-electron chi connectivity index (χ3n) is 5.97. The van der Waals surface area contributed by atoms with Gasteiger partial charge in [0.2, 0.25) is 0 Å². The molecule has 0 spiro atoms. The maximum Gasteiger partial charge on any atom is 0.0595 e. The highest BCUT2D eigenvalue weighted by molar-refractivity contribution is 6.42. The second-order valence-electron chi connectivity index (χ2n) is 6.94. The Morgan fingerprint density at radius 3 is 2.73 bits per heavy atom. The van der Waals surface area contributed by atoms with E-state index in [0.717, 1.165) is 26.1 Å². The highest BCUT2D eigenvalue weighted by Crippen LogP contribution is 2.70. The molecule has 22 heavy (non-hydrogen) atoms. The summed E-state index contributed by atoms with van der Waals surface area (Å²) in [6.45, 7) is 6.02. The predicted octanol–water partition coefficient (Wildman–Crippen LogP) is 4.88. The molecule has 5 atom stereocenters. The topological polar surface area (TPSA) is 35.2 Å². The molecule has 2 nitrogen and oxygen atoms in total. The van der Waals surface area contributed by atoms with E-state index in [1.807, 2.05) is 12.1 Å². The SMILES string of the molecule is CCOC[C@]12C(C)[C@@H]1CC[C@H](N)C[C@@H]2c1ccc(Cl)c(Cl)c1. The van der Waals surface area contributed by atoms with Crippen LogP contribution in [0.15, 0.2) is 18.2 Å². The van der Waals surface area contributed by atoms with Crippen LogP contribution in [0.25, 0.3) is 0 Å². The molecule has 4 heteroatoms. The molecule has 1 aromatic rings. The first-order valence-corrected chi connectivity index (χ1v) is 9.04. The van der Waals surface area contributed by atoms with Crippen LogP contribution in [0.1, 0.15) is 44.6 Å². The standard InChI is InChI=1S/C18H25Cl2NO/c1-3-22-10-18-11(2)14(18)6-5-13(21)9-15(18)12-4-7-16(19)17(20)8-12/h4,7-8,11,13-15H,3,5-6,9-10,21H2,1-2H3/t11?,13-,14-,15+,18-/m0/s1. The first-order chi connectivity index (χ1) is 10.5. The minimum atomic E-state index is 0.224. The number of benzene rings is 1. The Bertz CT molecular complexity index is 550. The molecule has 1 unspecified atom stereocenters. The molecule has 0 saturated heterocycles. The Morgan fingerprint density at radius 2 is 2.05 bits per heavy atom. The average Bonchev–Trinajstić information content (AvgIpc) is 3.11. The number of hydrogen-bond acceptors (Lipinski definition) is 2. The molecule has 1 aromatic carbocycles. The third kappa shape index (κ3) is 2.69. The number of ether oxygens (including phenoxy) is 1. The molecule has 0 aliphatic heterocycles. The minimum Gasteiger partial charge on any atom is -0.381 e. The number of halogens is 2. The van der Waals surface area contributed by atoms with Gasteiger partial charge in [0, 0.05) is 18.1 Å². The minimum absolute atomic E-state index is 0.224. The normalized spacial score (nSPS) is 37.5. The van der Waals surface area contributed by atoms with Crippen LogP contribution in [0.5, 0.6) is 0 Å². The maximum absolute atomic E-state index is 6.35. The molecule has 2 aliphatic carbocycles. The molecule has 2 fully saturated rings. The van der Waals surface area contributed by atoms with Gasteiger partial charge in [0.25, 0.3) is 0 Å². The average molecular weight is 342 g/mol. The second-order valence-corrected chi connectivity index (χ2v) is 7.76. The molecule has 2 N–H and O–H groups in total. The van der Waals surface area contributed by atoms with Crippen molar-refractivity contribution < 1.29 is 4.74 Å². The lowest BCUT2D eigenvalue weighted by Crippen LogP contribution is -2.28. The fourth-order valence-electron chi connectivity index (χ4n) is 4.68. The largest absolute Gasteiger partial charge is 0.381 e. The molecular weight excluding hydrogens is 317 g/mol. The number of rotatable bonds is 4. The van der Waals surface area contributed by atoms with Crippen molar-refractivity contribution >= 4 is 23.2 Å². The highest BCUT2D eigenvalue weighted by Gasteiger charge is 2.66. The number of hydrogen-bond donors (Lipinski definition) is 1. The first kappa shape index (κ1) is 16.6. The molecule has 0 amide bonds. The van der Waals surface area contributed by atoms with E-state index >= 15 is 0 Å². The summed E-state index contributed by atoms with van der Waals surface area (Å²) in [6.07, 6.45) is 3.33. The van der Waals surface area contributed by atoms with Gasteiger partial charge >= 0.3 is 0 Å². The Kier molecular flexibility index (Phi) is 4.76. The number of nitrogens with two attached hydrogens (primary N) is 1. The van der Waals surface area contributed by atoms with Crippen molar-refractivity contribution in [3.05, 3.63) is 33.8 Å². The fraction of sp³-hybridized carbons (Fsp3) is 0.667. The quantitative estimate of drug-likeness (QED) is 0.847. The Balaban J connectivity index is 1.97. The summed E-state index contributed by atoms with van der Waals surface area (Å²) in [5.41, 5.74) is 7.83. The van der Waals surface area contributed by atoms with Gasteiger partial charge in [0.1, 0.15) is 0 Å². The van der Waals surface area contributed by atoms with E-state index in [2.05, 4.69) is 19.9 Å². The van der Waals surface area contributed by atoms with Gasteiger partial charge in [0.05, 0.1) is 16.7 Å².